The average molecular weight is 287 g/mol. The molecule has 0 radical (unpaired) electrons. The molecule has 0 spiro atoms. The highest BCUT2D eigenvalue weighted by molar-refractivity contribution is 5.79. The summed E-state index contributed by atoms with van der Waals surface area (Å²) < 4.78 is 0. The third-order valence-electron chi connectivity index (χ3n) is 3.51. The third-order valence-corrected chi connectivity index (χ3v) is 3.51. The average Bonchev–Trinajstić information content (AvgIpc) is 2.90. The van der Waals surface area contributed by atoms with E-state index >= 15 is 0 Å². The topological polar surface area (TPSA) is 87.9 Å². The maximum atomic E-state index is 12.4. The number of carbonyl (C=O) groups is 1. The molecule has 1 heterocycles. The third kappa shape index (κ3) is 3.66. The Bertz CT molecular complexity index is 595. The number of nitrogens with two attached hydrogens (primary N) is 1. The number of nitrogens with zero attached hydrogens (tertiary/aromatic N) is 3. The molecule has 0 saturated heterocycles. The van der Waals surface area contributed by atoms with Crippen LogP contribution in [0.25, 0.3) is 0 Å². The number of hydrogen-bond acceptors (Lipinski definition) is 4. The molecule has 2 rings (SSSR count). The normalized spacial score (nSPS) is 13.7. The van der Waals surface area contributed by atoms with E-state index in [2.05, 4.69) is 15.2 Å². The highest BCUT2D eigenvalue weighted by Crippen LogP contribution is 2.21. The number of hydrogen-bond donors (Lipinski definition) is 2. The summed E-state index contributed by atoms with van der Waals surface area (Å²) in [5.41, 5.74) is 7.15. The van der Waals surface area contributed by atoms with Gasteiger partial charge in [-0.3, -0.25) is 9.89 Å². The summed E-state index contributed by atoms with van der Waals surface area (Å²) in [5.74, 6) is 1.01. The Hall–Kier alpha value is -2.21. The molecular weight excluding hydrogens is 266 g/mol. The second kappa shape index (κ2) is 6.49. The molecule has 1 aromatic heterocycles. The van der Waals surface area contributed by atoms with Crippen LogP contribution < -0.4 is 5.73 Å². The number of nitrogens with one attached hydrogen (secondary N) is 1. The minimum atomic E-state index is -0.324. The first kappa shape index (κ1) is 15.2. The standard InChI is InChI=1S/C15H21N5O/c1-10(14(16)12-7-5-4-6-8-12)15(21)20(3)9-13-17-11(2)18-19-13/h4-8,10,14H,9,16H2,1-3H3,(H,17,18,19). The molecule has 1 amide bonds. The Kier molecular flexibility index (Phi) is 4.70. The van der Waals surface area contributed by atoms with Gasteiger partial charge in [-0.05, 0) is 12.5 Å². The Balaban J connectivity index is 2.01. The van der Waals surface area contributed by atoms with E-state index in [4.69, 9.17) is 5.73 Å². The van der Waals surface area contributed by atoms with Crippen LogP contribution in [0.4, 0.5) is 0 Å². The van der Waals surface area contributed by atoms with Gasteiger partial charge in [-0.1, -0.05) is 37.3 Å². The number of benzene rings is 1. The minimum Gasteiger partial charge on any atom is -0.338 e. The molecule has 6 nitrogen and oxygen atoms in total. The van der Waals surface area contributed by atoms with Gasteiger partial charge in [0.05, 0.1) is 12.5 Å². The number of aromatic amines is 1. The summed E-state index contributed by atoms with van der Waals surface area (Å²) in [7, 11) is 1.74. The van der Waals surface area contributed by atoms with Crippen molar-refractivity contribution in [1.82, 2.24) is 20.1 Å². The predicted molar refractivity (Wildman–Crippen MR) is 80.1 cm³/mol. The molecule has 0 fully saturated rings. The number of amides is 1. The number of rotatable bonds is 5. The van der Waals surface area contributed by atoms with Crippen LogP contribution in [0, 0.1) is 12.8 Å². The van der Waals surface area contributed by atoms with Gasteiger partial charge in [-0.25, -0.2) is 4.98 Å². The Morgan fingerprint density at radius 2 is 2.05 bits per heavy atom. The Morgan fingerprint density at radius 1 is 1.38 bits per heavy atom. The van der Waals surface area contributed by atoms with Gasteiger partial charge < -0.3 is 10.6 Å². The maximum absolute atomic E-state index is 12.4. The largest absolute Gasteiger partial charge is 0.338 e. The molecule has 2 aromatic rings. The summed E-state index contributed by atoms with van der Waals surface area (Å²) in [6, 6.07) is 9.33. The predicted octanol–water partition coefficient (Wildman–Crippen LogP) is 1.41. The van der Waals surface area contributed by atoms with Crippen LogP contribution in [0.5, 0.6) is 0 Å². The lowest BCUT2D eigenvalue weighted by Gasteiger charge is -2.24. The van der Waals surface area contributed by atoms with Crippen molar-refractivity contribution in [1.29, 1.82) is 0 Å². The molecule has 0 aliphatic heterocycles. The van der Waals surface area contributed by atoms with Gasteiger partial charge in [0.25, 0.3) is 0 Å². The van der Waals surface area contributed by atoms with E-state index in [1.54, 1.807) is 11.9 Å². The first-order valence-electron chi connectivity index (χ1n) is 6.92. The van der Waals surface area contributed by atoms with Crippen LogP contribution in [-0.4, -0.2) is 33.0 Å². The van der Waals surface area contributed by atoms with Crippen molar-refractivity contribution in [2.45, 2.75) is 26.4 Å². The van der Waals surface area contributed by atoms with Crippen molar-refractivity contribution < 1.29 is 4.79 Å². The zero-order valence-corrected chi connectivity index (χ0v) is 12.6. The molecule has 112 valence electrons. The number of aromatic nitrogens is 3. The van der Waals surface area contributed by atoms with E-state index in [9.17, 15) is 4.79 Å². The lowest BCUT2D eigenvalue weighted by atomic mass is 9.94. The van der Waals surface area contributed by atoms with Crippen LogP contribution in [0.1, 0.15) is 30.2 Å². The number of aryl methyl sites for hydroxylation is 1. The van der Waals surface area contributed by atoms with Gasteiger partial charge in [0.2, 0.25) is 5.91 Å². The smallest absolute Gasteiger partial charge is 0.227 e. The van der Waals surface area contributed by atoms with Crippen molar-refractivity contribution in [3.05, 3.63) is 47.5 Å². The minimum absolute atomic E-state index is 0.0196. The summed E-state index contributed by atoms with van der Waals surface area (Å²) >= 11 is 0. The summed E-state index contributed by atoms with van der Waals surface area (Å²) in [6.07, 6.45) is 0. The van der Waals surface area contributed by atoms with E-state index in [1.165, 1.54) is 0 Å². The lowest BCUT2D eigenvalue weighted by Crippen LogP contribution is -2.36. The van der Waals surface area contributed by atoms with Crippen molar-refractivity contribution in [3.8, 4) is 0 Å². The van der Waals surface area contributed by atoms with Crippen LogP contribution >= 0.6 is 0 Å². The van der Waals surface area contributed by atoms with E-state index in [-0.39, 0.29) is 17.9 Å². The molecule has 2 atom stereocenters. The van der Waals surface area contributed by atoms with Gasteiger partial charge in [0, 0.05) is 13.1 Å². The van der Waals surface area contributed by atoms with Gasteiger partial charge >= 0.3 is 0 Å². The first-order valence-corrected chi connectivity index (χ1v) is 6.92. The van der Waals surface area contributed by atoms with Crippen molar-refractivity contribution in [2.24, 2.45) is 11.7 Å². The van der Waals surface area contributed by atoms with Gasteiger partial charge in [-0.15, -0.1) is 0 Å². The molecule has 0 aliphatic rings. The van der Waals surface area contributed by atoms with E-state index in [1.807, 2.05) is 44.2 Å². The van der Waals surface area contributed by atoms with Crippen LogP contribution in [0.15, 0.2) is 30.3 Å². The molecule has 1 aromatic carbocycles. The van der Waals surface area contributed by atoms with E-state index in [0.29, 0.717) is 12.4 Å². The fourth-order valence-electron chi connectivity index (χ4n) is 2.21. The molecule has 0 saturated carbocycles. The van der Waals surface area contributed by atoms with E-state index in [0.717, 1.165) is 11.4 Å². The van der Waals surface area contributed by atoms with Crippen molar-refractivity contribution >= 4 is 5.91 Å². The molecule has 0 bridgehead atoms. The highest BCUT2D eigenvalue weighted by Gasteiger charge is 2.25. The number of carbonyl (C=O) groups excluding carboxylic acids is 1. The Morgan fingerprint density at radius 3 is 2.62 bits per heavy atom. The van der Waals surface area contributed by atoms with Gasteiger partial charge in [0.15, 0.2) is 5.82 Å². The van der Waals surface area contributed by atoms with Gasteiger partial charge in [-0.2, -0.15) is 5.10 Å². The first-order chi connectivity index (χ1) is 9.99. The monoisotopic (exact) mass is 287 g/mol. The summed E-state index contributed by atoms with van der Waals surface area (Å²) in [5, 5.41) is 6.81. The van der Waals surface area contributed by atoms with Crippen LogP contribution in [-0.2, 0) is 11.3 Å². The van der Waals surface area contributed by atoms with Crippen molar-refractivity contribution in [3.63, 3.8) is 0 Å². The maximum Gasteiger partial charge on any atom is 0.227 e. The molecule has 21 heavy (non-hydrogen) atoms. The van der Waals surface area contributed by atoms with Gasteiger partial charge in [0.1, 0.15) is 5.82 Å². The SMILES string of the molecule is Cc1nc(CN(C)C(=O)C(C)C(N)c2ccccc2)n[nH]1. The molecule has 0 aliphatic carbocycles. The lowest BCUT2D eigenvalue weighted by molar-refractivity contribution is -0.135. The Labute approximate surface area is 124 Å². The summed E-state index contributed by atoms with van der Waals surface area (Å²) in [4.78, 5) is 18.3. The quantitative estimate of drug-likeness (QED) is 0.870. The molecule has 6 heteroatoms. The van der Waals surface area contributed by atoms with Crippen LogP contribution in [0.3, 0.4) is 0 Å². The second-order valence-corrected chi connectivity index (χ2v) is 5.26. The highest BCUT2D eigenvalue weighted by atomic mass is 16.2. The fourth-order valence-corrected chi connectivity index (χ4v) is 2.21. The fraction of sp³-hybridized carbons (Fsp3) is 0.400. The molecule has 3 N–H and O–H groups in total. The molecule has 2 unspecified atom stereocenters. The van der Waals surface area contributed by atoms with Crippen molar-refractivity contribution in [2.75, 3.05) is 7.05 Å². The molecular formula is C15H21N5O. The van der Waals surface area contributed by atoms with Crippen LogP contribution in [0.2, 0.25) is 0 Å². The number of H-pyrrole nitrogens is 1. The summed E-state index contributed by atoms with van der Waals surface area (Å²) in [6.45, 7) is 4.04. The van der Waals surface area contributed by atoms with E-state index < -0.39 is 0 Å². The zero-order chi connectivity index (χ0) is 15.4. The zero-order valence-electron chi connectivity index (χ0n) is 12.6. The second-order valence-electron chi connectivity index (χ2n) is 5.26.